The molecule has 0 bridgehead atoms. The summed E-state index contributed by atoms with van der Waals surface area (Å²) in [7, 11) is 1.28. The highest BCUT2D eigenvalue weighted by atomic mass is 79.9. The number of hydrogen-bond donors (Lipinski definition) is 2. The molecule has 0 fully saturated rings. The molecule has 31 heavy (non-hydrogen) atoms. The summed E-state index contributed by atoms with van der Waals surface area (Å²) in [4.78, 5) is 35.2. The van der Waals surface area contributed by atoms with Gasteiger partial charge in [-0.2, -0.15) is 5.10 Å². The van der Waals surface area contributed by atoms with Gasteiger partial charge in [-0.1, -0.05) is 12.1 Å². The third kappa shape index (κ3) is 7.86. The zero-order valence-corrected chi connectivity index (χ0v) is 19.1. The van der Waals surface area contributed by atoms with Gasteiger partial charge in [0.2, 0.25) is 11.8 Å². The highest BCUT2D eigenvalue weighted by Gasteiger charge is 2.09. The van der Waals surface area contributed by atoms with Crippen LogP contribution >= 0.6 is 15.9 Å². The SMILES string of the molecule is COC(=O)COc1ccc(C=NNC(=O)CCC(=O)Nc2cccc(C)c2C)cc1Br. The summed E-state index contributed by atoms with van der Waals surface area (Å²) in [6.45, 7) is 3.70. The van der Waals surface area contributed by atoms with Crippen molar-refractivity contribution in [2.24, 2.45) is 5.10 Å². The van der Waals surface area contributed by atoms with Gasteiger partial charge in [-0.3, -0.25) is 9.59 Å². The monoisotopic (exact) mass is 489 g/mol. The van der Waals surface area contributed by atoms with E-state index in [1.165, 1.54) is 13.3 Å². The van der Waals surface area contributed by atoms with Gasteiger partial charge in [0.15, 0.2) is 6.61 Å². The maximum atomic E-state index is 12.1. The lowest BCUT2D eigenvalue weighted by atomic mass is 10.1. The molecule has 0 aliphatic rings. The van der Waals surface area contributed by atoms with Gasteiger partial charge in [-0.15, -0.1) is 0 Å². The van der Waals surface area contributed by atoms with Crippen LogP contribution in [-0.2, 0) is 19.1 Å². The molecule has 0 unspecified atom stereocenters. The number of carbonyl (C=O) groups is 3. The summed E-state index contributed by atoms with van der Waals surface area (Å²) in [5, 5.41) is 6.71. The van der Waals surface area contributed by atoms with Gasteiger partial charge in [0.1, 0.15) is 5.75 Å². The minimum atomic E-state index is -0.483. The first kappa shape index (κ1) is 24.1. The molecule has 8 nitrogen and oxygen atoms in total. The lowest BCUT2D eigenvalue weighted by molar-refractivity contribution is -0.142. The van der Waals surface area contributed by atoms with Gasteiger partial charge < -0.3 is 14.8 Å². The fraction of sp³-hybridized carbons (Fsp3) is 0.273. The topological polar surface area (TPSA) is 106 Å². The van der Waals surface area contributed by atoms with E-state index in [9.17, 15) is 14.4 Å². The zero-order valence-electron chi connectivity index (χ0n) is 17.5. The van der Waals surface area contributed by atoms with Crippen molar-refractivity contribution in [2.45, 2.75) is 26.7 Å². The third-order valence-electron chi connectivity index (χ3n) is 4.39. The molecular formula is C22H24BrN3O5. The molecule has 2 aromatic carbocycles. The van der Waals surface area contributed by atoms with Gasteiger partial charge in [-0.25, -0.2) is 10.2 Å². The number of hydrazone groups is 1. The van der Waals surface area contributed by atoms with E-state index in [2.05, 4.69) is 36.5 Å². The Morgan fingerprint density at radius 2 is 1.84 bits per heavy atom. The quantitative estimate of drug-likeness (QED) is 0.318. The second-order valence-corrected chi connectivity index (χ2v) is 7.50. The van der Waals surface area contributed by atoms with Crippen LogP contribution in [0.15, 0.2) is 46.0 Å². The number of halogens is 1. The van der Waals surface area contributed by atoms with Crippen LogP contribution in [0, 0.1) is 13.8 Å². The number of aryl methyl sites for hydroxylation is 1. The van der Waals surface area contributed by atoms with Crippen LogP contribution in [0.5, 0.6) is 5.75 Å². The highest BCUT2D eigenvalue weighted by molar-refractivity contribution is 9.10. The van der Waals surface area contributed by atoms with Crippen molar-refractivity contribution in [3.05, 3.63) is 57.6 Å². The van der Waals surface area contributed by atoms with E-state index >= 15 is 0 Å². The second kappa shape index (κ2) is 11.8. The number of nitrogens with one attached hydrogen (secondary N) is 2. The molecule has 2 N–H and O–H groups in total. The van der Waals surface area contributed by atoms with E-state index in [-0.39, 0.29) is 31.3 Å². The smallest absolute Gasteiger partial charge is 0.343 e. The van der Waals surface area contributed by atoms with Gasteiger partial charge in [0.25, 0.3) is 0 Å². The van der Waals surface area contributed by atoms with Gasteiger partial charge in [-0.05, 0) is 70.7 Å². The molecular weight excluding hydrogens is 466 g/mol. The molecule has 9 heteroatoms. The highest BCUT2D eigenvalue weighted by Crippen LogP contribution is 2.25. The maximum Gasteiger partial charge on any atom is 0.343 e. The van der Waals surface area contributed by atoms with Crippen LogP contribution in [-0.4, -0.2) is 37.7 Å². The molecule has 2 amide bonds. The molecule has 0 radical (unpaired) electrons. The largest absolute Gasteiger partial charge is 0.481 e. The fourth-order valence-corrected chi connectivity index (χ4v) is 2.98. The summed E-state index contributed by atoms with van der Waals surface area (Å²) >= 11 is 3.35. The molecule has 2 rings (SSSR count). The first-order valence-corrected chi connectivity index (χ1v) is 10.3. The van der Waals surface area contributed by atoms with E-state index in [0.717, 1.165) is 16.8 Å². The molecule has 0 aromatic heterocycles. The lowest BCUT2D eigenvalue weighted by Crippen LogP contribution is -2.21. The number of esters is 1. The molecule has 0 saturated heterocycles. The summed E-state index contributed by atoms with van der Waals surface area (Å²) < 4.78 is 10.5. The number of nitrogens with zero attached hydrogens (tertiary/aromatic N) is 1. The van der Waals surface area contributed by atoms with Crippen molar-refractivity contribution in [3.63, 3.8) is 0 Å². The first-order valence-electron chi connectivity index (χ1n) is 9.47. The van der Waals surface area contributed by atoms with Crippen molar-refractivity contribution in [3.8, 4) is 5.75 Å². The lowest BCUT2D eigenvalue weighted by Gasteiger charge is -2.10. The van der Waals surface area contributed by atoms with Crippen LogP contribution in [0.3, 0.4) is 0 Å². The summed E-state index contributed by atoms with van der Waals surface area (Å²) in [6.07, 6.45) is 1.52. The normalized spacial score (nSPS) is 10.6. The number of carbonyl (C=O) groups excluding carboxylic acids is 3. The Bertz CT molecular complexity index is 991. The fourth-order valence-electron chi connectivity index (χ4n) is 2.47. The summed E-state index contributed by atoms with van der Waals surface area (Å²) in [6, 6.07) is 10.8. The average Bonchev–Trinajstić information content (AvgIpc) is 2.74. The second-order valence-electron chi connectivity index (χ2n) is 6.64. The number of ether oxygens (including phenoxy) is 2. The maximum absolute atomic E-state index is 12.1. The third-order valence-corrected chi connectivity index (χ3v) is 5.01. The van der Waals surface area contributed by atoms with Gasteiger partial charge in [0.05, 0.1) is 17.8 Å². The van der Waals surface area contributed by atoms with Gasteiger partial charge in [0, 0.05) is 18.5 Å². The Morgan fingerprint density at radius 1 is 1.10 bits per heavy atom. The molecule has 0 aliphatic carbocycles. The molecule has 0 aliphatic heterocycles. The Hall–Kier alpha value is -3.20. The van der Waals surface area contributed by atoms with Crippen LogP contribution in [0.4, 0.5) is 5.69 Å². The average molecular weight is 490 g/mol. The van der Waals surface area contributed by atoms with E-state index in [0.29, 0.717) is 15.8 Å². The standard InChI is InChI=1S/C22H24BrN3O5/c1-14-5-4-6-18(15(14)2)25-20(27)9-10-21(28)26-24-12-16-7-8-19(17(23)11-16)31-13-22(29)30-3/h4-8,11-12H,9-10,13H2,1-3H3,(H,25,27)(H,26,28). The number of methoxy groups -OCH3 is 1. The minimum Gasteiger partial charge on any atom is -0.481 e. The molecule has 0 atom stereocenters. The Balaban J connectivity index is 1.78. The minimum absolute atomic E-state index is 0.0119. The van der Waals surface area contributed by atoms with Crippen molar-refractivity contribution < 1.29 is 23.9 Å². The van der Waals surface area contributed by atoms with Crippen molar-refractivity contribution in [1.82, 2.24) is 5.43 Å². The van der Waals surface area contributed by atoms with Crippen molar-refractivity contribution in [1.29, 1.82) is 0 Å². The predicted molar refractivity (Wildman–Crippen MR) is 121 cm³/mol. The number of hydrogen-bond acceptors (Lipinski definition) is 6. The molecule has 164 valence electrons. The van der Waals surface area contributed by atoms with E-state index in [4.69, 9.17) is 4.74 Å². The molecule has 2 aromatic rings. The van der Waals surface area contributed by atoms with Crippen LogP contribution < -0.4 is 15.5 Å². The van der Waals surface area contributed by atoms with E-state index in [1.807, 2.05) is 32.0 Å². The Morgan fingerprint density at radius 3 is 2.55 bits per heavy atom. The predicted octanol–water partition coefficient (Wildman–Crippen LogP) is 3.49. The van der Waals surface area contributed by atoms with Gasteiger partial charge >= 0.3 is 5.97 Å². The molecule has 0 heterocycles. The number of amides is 2. The summed E-state index contributed by atoms with van der Waals surface area (Å²) in [5.41, 5.74) is 5.92. The van der Waals surface area contributed by atoms with Crippen molar-refractivity contribution in [2.75, 3.05) is 19.0 Å². The van der Waals surface area contributed by atoms with Crippen LogP contribution in [0.1, 0.15) is 29.5 Å². The number of rotatable bonds is 9. The molecule has 0 saturated carbocycles. The number of anilines is 1. The Labute approximate surface area is 189 Å². The van der Waals surface area contributed by atoms with E-state index < -0.39 is 5.97 Å². The van der Waals surface area contributed by atoms with Crippen molar-refractivity contribution >= 4 is 45.6 Å². The van der Waals surface area contributed by atoms with Crippen LogP contribution in [0.2, 0.25) is 0 Å². The summed E-state index contributed by atoms with van der Waals surface area (Å²) in [5.74, 6) is -0.617. The van der Waals surface area contributed by atoms with Crippen LogP contribution in [0.25, 0.3) is 0 Å². The molecule has 0 spiro atoms. The Kier molecular flexibility index (Phi) is 9.20. The first-order chi connectivity index (χ1) is 14.8. The number of benzene rings is 2. The zero-order chi connectivity index (χ0) is 22.8. The van der Waals surface area contributed by atoms with E-state index in [1.54, 1.807) is 18.2 Å².